The molecule has 1 aliphatic rings. The molecule has 0 spiro atoms. The van der Waals surface area contributed by atoms with E-state index in [0.29, 0.717) is 12.3 Å². The number of ether oxygens (including phenoxy) is 1. The molecule has 1 aliphatic heterocycles. The Labute approximate surface area is 103 Å². The van der Waals surface area contributed by atoms with Crippen molar-refractivity contribution < 1.29 is 14.3 Å². The minimum Gasteiger partial charge on any atom is -0.377 e. The summed E-state index contributed by atoms with van der Waals surface area (Å²) < 4.78 is 4.78. The lowest BCUT2D eigenvalue weighted by molar-refractivity contribution is -0.136. The van der Waals surface area contributed by atoms with Gasteiger partial charge in [0.05, 0.1) is 6.54 Å². The van der Waals surface area contributed by atoms with Gasteiger partial charge in [0, 0.05) is 20.1 Å². The highest BCUT2D eigenvalue weighted by atomic mass is 16.5. The first-order valence-corrected chi connectivity index (χ1v) is 6.45. The summed E-state index contributed by atoms with van der Waals surface area (Å²) in [7, 11) is 1.50. The van der Waals surface area contributed by atoms with Crippen LogP contribution in [-0.4, -0.2) is 43.4 Å². The van der Waals surface area contributed by atoms with Crippen molar-refractivity contribution in [2.45, 2.75) is 39.0 Å². The molecular weight excluding hydrogens is 218 g/mol. The molecule has 1 heterocycles. The molecule has 98 valence electrons. The molecule has 0 N–H and O–H groups in total. The van der Waals surface area contributed by atoms with Crippen molar-refractivity contribution in [3.63, 3.8) is 0 Å². The first kappa shape index (κ1) is 14.2. The molecule has 1 fully saturated rings. The number of amides is 1. The van der Waals surface area contributed by atoms with Gasteiger partial charge in [0.15, 0.2) is 5.78 Å². The van der Waals surface area contributed by atoms with Crippen molar-refractivity contribution in [3.05, 3.63) is 0 Å². The molecule has 0 aromatic rings. The van der Waals surface area contributed by atoms with E-state index in [-0.39, 0.29) is 24.8 Å². The number of rotatable bonds is 6. The zero-order valence-corrected chi connectivity index (χ0v) is 10.9. The molecule has 1 amide bonds. The second kappa shape index (κ2) is 7.43. The zero-order valence-electron chi connectivity index (χ0n) is 10.9. The Morgan fingerprint density at radius 3 is 2.88 bits per heavy atom. The number of hydrogen-bond donors (Lipinski definition) is 0. The van der Waals surface area contributed by atoms with Gasteiger partial charge < -0.3 is 9.64 Å². The molecule has 1 saturated heterocycles. The summed E-state index contributed by atoms with van der Waals surface area (Å²) in [6.45, 7) is 3.21. The van der Waals surface area contributed by atoms with Crippen LogP contribution in [0.5, 0.6) is 0 Å². The fourth-order valence-electron chi connectivity index (χ4n) is 2.38. The molecule has 0 radical (unpaired) electrons. The third-order valence-corrected chi connectivity index (χ3v) is 3.30. The second-order valence-corrected chi connectivity index (χ2v) is 4.77. The third-order valence-electron chi connectivity index (χ3n) is 3.30. The van der Waals surface area contributed by atoms with E-state index in [9.17, 15) is 9.59 Å². The minimum absolute atomic E-state index is 0.0187. The van der Waals surface area contributed by atoms with Crippen LogP contribution < -0.4 is 0 Å². The average Bonchev–Trinajstić information content (AvgIpc) is 2.45. The molecule has 0 aromatic heterocycles. The Morgan fingerprint density at radius 2 is 2.24 bits per heavy atom. The maximum Gasteiger partial charge on any atom is 0.222 e. The summed E-state index contributed by atoms with van der Waals surface area (Å²) in [5, 5.41) is 0. The molecular formula is C13H23NO3. The molecule has 1 rings (SSSR count). The highest BCUT2D eigenvalue weighted by molar-refractivity contribution is 5.86. The standard InChI is InChI=1S/C13H23NO3/c1-3-4-11-5-6-13(16)14(8-7-11)9-12(15)10-17-2/h11H,3-10H2,1-2H3. The highest BCUT2D eigenvalue weighted by Gasteiger charge is 2.23. The molecule has 4 nitrogen and oxygen atoms in total. The number of hydrogen-bond acceptors (Lipinski definition) is 3. The van der Waals surface area contributed by atoms with E-state index in [0.717, 1.165) is 19.4 Å². The Balaban J connectivity index is 2.44. The highest BCUT2D eigenvalue weighted by Crippen LogP contribution is 2.22. The van der Waals surface area contributed by atoms with E-state index in [2.05, 4.69) is 6.92 Å². The molecule has 1 unspecified atom stereocenters. The first-order valence-electron chi connectivity index (χ1n) is 6.45. The summed E-state index contributed by atoms with van der Waals surface area (Å²) >= 11 is 0. The van der Waals surface area contributed by atoms with Gasteiger partial charge in [0.2, 0.25) is 5.91 Å². The van der Waals surface area contributed by atoms with Gasteiger partial charge >= 0.3 is 0 Å². The number of likely N-dealkylation sites (tertiary alicyclic amines) is 1. The fraction of sp³-hybridized carbons (Fsp3) is 0.846. The lowest BCUT2D eigenvalue weighted by Crippen LogP contribution is -2.36. The number of carbonyl (C=O) groups excluding carboxylic acids is 2. The summed E-state index contributed by atoms with van der Waals surface area (Å²) in [6, 6.07) is 0. The normalized spacial score (nSPS) is 21.4. The number of methoxy groups -OCH3 is 1. The molecule has 0 aromatic carbocycles. The maximum absolute atomic E-state index is 11.8. The lowest BCUT2D eigenvalue weighted by Gasteiger charge is -2.19. The average molecular weight is 241 g/mol. The van der Waals surface area contributed by atoms with Crippen LogP contribution in [0.2, 0.25) is 0 Å². The summed E-state index contributed by atoms with van der Waals surface area (Å²) in [6.07, 6.45) is 4.95. The Hall–Kier alpha value is -0.900. The van der Waals surface area contributed by atoms with Gasteiger partial charge in [-0.1, -0.05) is 19.8 Å². The van der Waals surface area contributed by atoms with E-state index in [1.807, 2.05) is 0 Å². The van der Waals surface area contributed by atoms with Gasteiger partial charge in [-0.05, 0) is 18.8 Å². The van der Waals surface area contributed by atoms with Crippen LogP contribution in [-0.2, 0) is 14.3 Å². The molecule has 0 saturated carbocycles. The van der Waals surface area contributed by atoms with Gasteiger partial charge in [-0.2, -0.15) is 0 Å². The van der Waals surface area contributed by atoms with Crippen LogP contribution in [0.4, 0.5) is 0 Å². The van der Waals surface area contributed by atoms with E-state index in [1.54, 1.807) is 4.90 Å². The first-order chi connectivity index (χ1) is 8.17. The molecule has 4 heteroatoms. The summed E-state index contributed by atoms with van der Waals surface area (Å²) in [4.78, 5) is 25.0. The zero-order chi connectivity index (χ0) is 12.7. The predicted molar refractivity (Wildman–Crippen MR) is 65.7 cm³/mol. The van der Waals surface area contributed by atoms with Gasteiger partial charge in [0.25, 0.3) is 0 Å². The molecule has 17 heavy (non-hydrogen) atoms. The van der Waals surface area contributed by atoms with Crippen LogP contribution in [0.3, 0.4) is 0 Å². The van der Waals surface area contributed by atoms with E-state index in [4.69, 9.17) is 4.74 Å². The lowest BCUT2D eigenvalue weighted by atomic mass is 9.96. The Bertz CT molecular complexity index is 265. The van der Waals surface area contributed by atoms with Crippen LogP contribution in [0, 0.1) is 5.92 Å². The molecule has 1 atom stereocenters. The Morgan fingerprint density at radius 1 is 1.47 bits per heavy atom. The molecule has 0 aliphatic carbocycles. The van der Waals surface area contributed by atoms with Crippen LogP contribution in [0.1, 0.15) is 39.0 Å². The van der Waals surface area contributed by atoms with Crippen LogP contribution >= 0.6 is 0 Å². The number of carbonyl (C=O) groups is 2. The number of ketones is 1. The van der Waals surface area contributed by atoms with Gasteiger partial charge in [-0.25, -0.2) is 0 Å². The third kappa shape index (κ3) is 4.86. The van der Waals surface area contributed by atoms with Crippen LogP contribution in [0.25, 0.3) is 0 Å². The van der Waals surface area contributed by atoms with E-state index in [1.165, 1.54) is 20.0 Å². The van der Waals surface area contributed by atoms with Gasteiger partial charge in [0.1, 0.15) is 6.61 Å². The van der Waals surface area contributed by atoms with Crippen molar-refractivity contribution in [1.29, 1.82) is 0 Å². The summed E-state index contributed by atoms with van der Waals surface area (Å²) in [5.41, 5.74) is 0. The minimum atomic E-state index is -0.0187. The Kier molecular flexibility index (Phi) is 6.19. The topological polar surface area (TPSA) is 46.6 Å². The van der Waals surface area contributed by atoms with Gasteiger partial charge in [-0.15, -0.1) is 0 Å². The van der Waals surface area contributed by atoms with Crippen molar-refractivity contribution in [1.82, 2.24) is 4.90 Å². The summed E-state index contributed by atoms with van der Waals surface area (Å²) in [5.74, 6) is 0.745. The number of Topliss-reactive ketones (excluding diaryl/α,β-unsaturated/α-hetero) is 1. The largest absolute Gasteiger partial charge is 0.377 e. The smallest absolute Gasteiger partial charge is 0.222 e. The van der Waals surface area contributed by atoms with Gasteiger partial charge in [-0.3, -0.25) is 9.59 Å². The van der Waals surface area contributed by atoms with Crippen molar-refractivity contribution in [2.24, 2.45) is 5.92 Å². The van der Waals surface area contributed by atoms with E-state index < -0.39 is 0 Å². The maximum atomic E-state index is 11.8. The quantitative estimate of drug-likeness (QED) is 0.710. The van der Waals surface area contributed by atoms with Crippen LogP contribution in [0.15, 0.2) is 0 Å². The van der Waals surface area contributed by atoms with E-state index >= 15 is 0 Å². The second-order valence-electron chi connectivity index (χ2n) is 4.77. The SMILES string of the molecule is CCCC1CCC(=O)N(CC(=O)COC)CC1. The van der Waals surface area contributed by atoms with Crippen molar-refractivity contribution in [2.75, 3.05) is 26.8 Å². The predicted octanol–water partition coefficient (Wildman–Crippen LogP) is 1.63. The number of nitrogens with zero attached hydrogens (tertiary/aromatic N) is 1. The fourth-order valence-corrected chi connectivity index (χ4v) is 2.38. The van der Waals surface area contributed by atoms with Crippen molar-refractivity contribution >= 4 is 11.7 Å². The van der Waals surface area contributed by atoms with Crippen molar-refractivity contribution in [3.8, 4) is 0 Å². The molecule has 0 bridgehead atoms. The monoisotopic (exact) mass is 241 g/mol.